The van der Waals surface area contributed by atoms with Gasteiger partial charge in [0, 0.05) is 38.8 Å². The van der Waals surface area contributed by atoms with E-state index in [0.717, 1.165) is 18.1 Å². The molecule has 96 valence electrons. The van der Waals surface area contributed by atoms with Crippen LogP contribution in [0, 0.1) is 3.57 Å². The van der Waals surface area contributed by atoms with E-state index in [1.807, 2.05) is 6.07 Å². The fourth-order valence-corrected chi connectivity index (χ4v) is 3.61. The van der Waals surface area contributed by atoms with Gasteiger partial charge in [-0.15, -0.1) is 0 Å². The molecule has 4 heteroatoms. The standard InChI is InChI=1S/C14H16ClIN2/c15-11-3-4-14-12(9-11)13(16)10-18(14)8-7-17-5-1-2-6-17/h3-4,9-10H,1-2,5-8H2. The van der Waals surface area contributed by atoms with E-state index in [4.69, 9.17) is 11.6 Å². The van der Waals surface area contributed by atoms with Crippen LogP contribution in [0.3, 0.4) is 0 Å². The molecule has 2 aromatic rings. The molecule has 0 unspecified atom stereocenters. The van der Waals surface area contributed by atoms with Gasteiger partial charge in [-0.25, -0.2) is 0 Å². The van der Waals surface area contributed by atoms with Crippen LogP contribution in [0.15, 0.2) is 24.4 Å². The molecular weight excluding hydrogens is 359 g/mol. The van der Waals surface area contributed by atoms with Crippen LogP contribution in [0.25, 0.3) is 10.9 Å². The van der Waals surface area contributed by atoms with Gasteiger partial charge >= 0.3 is 0 Å². The van der Waals surface area contributed by atoms with Gasteiger partial charge in [-0.05, 0) is 66.7 Å². The summed E-state index contributed by atoms with van der Waals surface area (Å²) in [4.78, 5) is 2.55. The number of hydrogen-bond acceptors (Lipinski definition) is 1. The zero-order valence-corrected chi connectivity index (χ0v) is 13.1. The van der Waals surface area contributed by atoms with E-state index in [-0.39, 0.29) is 0 Å². The number of nitrogens with zero attached hydrogens (tertiary/aromatic N) is 2. The molecule has 0 aliphatic carbocycles. The number of hydrogen-bond donors (Lipinski definition) is 0. The summed E-state index contributed by atoms with van der Waals surface area (Å²) in [6.07, 6.45) is 4.96. The first-order valence-corrected chi connectivity index (χ1v) is 7.86. The monoisotopic (exact) mass is 374 g/mol. The second-order valence-electron chi connectivity index (χ2n) is 4.88. The Hall–Kier alpha value is -0.260. The van der Waals surface area contributed by atoms with Crippen molar-refractivity contribution in [2.24, 2.45) is 0 Å². The van der Waals surface area contributed by atoms with Gasteiger partial charge in [0.15, 0.2) is 0 Å². The number of halogens is 2. The smallest absolute Gasteiger partial charge is 0.0492 e. The molecule has 18 heavy (non-hydrogen) atoms. The highest BCUT2D eigenvalue weighted by Crippen LogP contribution is 2.26. The van der Waals surface area contributed by atoms with Crippen molar-refractivity contribution >= 4 is 45.1 Å². The third-order valence-electron chi connectivity index (χ3n) is 3.65. The first-order valence-electron chi connectivity index (χ1n) is 6.40. The summed E-state index contributed by atoms with van der Waals surface area (Å²) in [5.41, 5.74) is 1.29. The van der Waals surface area contributed by atoms with Crippen LogP contribution in [-0.4, -0.2) is 29.1 Å². The van der Waals surface area contributed by atoms with Crippen LogP contribution >= 0.6 is 34.2 Å². The van der Waals surface area contributed by atoms with Crippen molar-refractivity contribution in [3.63, 3.8) is 0 Å². The average Bonchev–Trinajstić information content (AvgIpc) is 2.96. The Labute approximate surface area is 126 Å². The molecule has 1 fully saturated rings. The molecule has 0 N–H and O–H groups in total. The maximum absolute atomic E-state index is 6.06. The highest BCUT2D eigenvalue weighted by Gasteiger charge is 2.12. The lowest BCUT2D eigenvalue weighted by Gasteiger charge is -2.15. The lowest BCUT2D eigenvalue weighted by molar-refractivity contribution is 0.324. The Morgan fingerprint density at radius 2 is 1.94 bits per heavy atom. The van der Waals surface area contributed by atoms with E-state index in [9.17, 15) is 0 Å². The van der Waals surface area contributed by atoms with Crippen molar-refractivity contribution in [3.8, 4) is 0 Å². The Morgan fingerprint density at radius 3 is 2.72 bits per heavy atom. The molecule has 1 aliphatic heterocycles. The predicted octanol–water partition coefficient (Wildman–Crippen LogP) is 4.00. The molecule has 0 saturated carbocycles. The second kappa shape index (κ2) is 5.39. The summed E-state index contributed by atoms with van der Waals surface area (Å²) < 4.78 is 3.64. The summed E-state index contributed by atoms with van der Waals surface area (Å²) in [5, 5.41) is 2.09. The maximum atomic E-state index is 6.06. The molecule has 0 bridgehead atoms. The van der Waals surface area contributed by atoms with Crippen LogP contribution in [-0.2, 0) is 6.54 Å². The van der Waals surface area contributed by atoms with Crippen LogP contribution in [0.1, 0.15) is 12.8 Å². The van der Waals surface area contributed by atoms with E-state index in [0.29, 0.717) is 0 Å². The molecule has 1 aromatic heterocycles. The van der Waals surface area contributed by atoms with Crippen molar-refractivity contribution in [1.29, 1.82) is 0 Å². The Balaban J connectivity index is 1.83. The van der Waals surface area contributed by atoms with Gasteiger partial charge in [-0.1, -0.05) is 11.6 Å². The summed E-state index contributed by atoms with van der Waals surface area (Å²) >= 11 is 8.45. The number of benzene rings is 1. The number of likely N-dealkylation sites (tertiary alicyclic amines) is 1. The van der Waals surface area contributed by atoms with Gasteiger partial charge in [0.05, 0.1) is 0 Å². The van der Waals surface area contributed by atoms with Crippen molar-refractivity contribution < 1.29 is 0 Å². The van der Waals surface area contributed by atoms with Gasteiger partial charge in [-0.2, -0.15) is 0 Å². The fourth-order valence-electron chi connectivity index (χ4n) is 2.67. The van der Waals surface area contributed by atoms with E-state index in [1.54, 1.807) is 0 Å². The lowest BCUT2D eigenvalue weighted by atomic mass is 10.2. The summed E-state index contributed by atoms with van der Waals surface area (Å²) in [6, 6.07) is 6.17. The van der Waals surface area contributed by atoms with Crippen LogP contribution in [0.4, 0.5) is 0 Å². The van der Waals surface area contributed by atoms with Crippen molar-refractivity contribution in [2.45, 2.75) is 19.4 Å². The molecule has 1 aromatic carbocycles. The van der Waals surface area contributed by atoms with Gasteiger partial charge in [0.2, 0.25) is 0 Å². The zero-order valence-electron chi connectivity index (χ0n) is 10.2. The molecule has 1 aliphatic rings. The van der Waals surface area contributed by atoms with Crippen molar-refractivity contribution in [3.05, 3.63) is 33.0 Å². The quantitative estimate of drug-likeness (QED) is 0.737. The number of aromatic nitrogens is 1. The first-order chi connectivity index (χ1) is 8.74. The number of rotatable bonds is 3. The highest BCUT2D eigenvalue weighted by atomic mass is 127. The van der Waals surface area contributed by atoms with E-state index >= 15 is 0 Å². The average molecular weight is 375 g/mol. The summed E-state index contributed by atoms with van der Waals surface area (Å²) in [7, 11) is 0. The lowest BCUT2D eigenvalue weighted by Crippen LogP contribution is -2.23. The minimum absolute atomic E-state index is 0.817. The Kier molecular flexibility index (Phi) is 3.82. The largest absolute Gasteiger partial charge is 0.345 e. The molecule has 3 rings (SSSR count). The first kappa shape index (κ1) is 12.8. The number of fused-ring (bicyclic) bond motifs is 1. The zero-order chi connectivity index (χ0) is 12.5. The highest BCUT2D eigenvalue weighted by molar-refractivity contribution is 14.1. The van der Waals surface area contributed by atoms with E-state index < -0.39 is 0 Å². The van der Waals surface area contributed by atoms with Gasteiger partial charge in [0.1, 0.15) is 0 Å². The van der Waals surface area contributed by atoms with E-state index in [2.05, 4.69) is 50.4 Å². The molecule has 0 amide bonds. The minimum Gasteiger partial charge on any atom is -0.345 e. The SMILES string of the molecule is Clc1ccc2c(c1)c(I)cn2CCN1CCCC1. The normalized spacial score (nSPS) is 16.8. The molecule has 0 atom stereocenters. The summed E-state index contributed by atoms with van der Waals surface area (Å²) in [5.74, 6) is 0. The molecule has 1 saturated heterocycles. The molecular formula is C14H16ClIN2. The Bertz CT molecular complexity index is 558. The minimum atomic E-state index is 0.817. The van der Waals surface area contributed by atoms with Crippen molar-refractivity contribution in [2.75, 3.05) is 19.6 Å². The molecule has 0 radical (unpaired) electrons. The summed E-state index contributed by atoms with van der Waals surface area (Å²) in [6.45, 7) is 4.76. The third kappa shape index (κ3) is 2.53. The topological polar surface area (TPSA) is 8.17 Å². The van der Waals surface area contributed by atoms with Crippen LogP contribution in [0.2, 0.25) is 5.02 Å². The van der Waals surface area contributed by atoms with Crippen LogP contribution < -0.4 is 0 Å². The third-order valence-corrected chi connectivity index (χ3v) is 4.75. The van der Waals surface area contributed by atoms with E-state index in [1.165, 1.54) is 40.4 Å². The van der Waals surface area contributed by atoms with Crippen molar-refractivity contribution in [1.82, 2.24) is 9.47 Å². The predicted molar refractivity (Wildman–Crippen MR) is 85.3 cm³/mol. The molecule has 2 nitrogen and oxygen atoms in total. The maximum Gasteiger partial charge on any atom is 0.0492 e. The molecule has 2 heterocycles. The second-order valence-corrected chi connectivity index (χ2v) is 6.48. The van der Waals surface area contributed by atoms with Crippen LogP contribution in [0.5, 0.6) is 0 Å². The van der Waals surface area contributed by atoms with Gasteiger partial charge < -0.3 is 9.47 Å². The molecule has 0 spiro atoms. The van der Waals surface area contributed by atoms with Gasteiger partial charge in [0.25, 0.3) is 0 Å². The van der Waals surface area contributed by atoms with Gasteiger partial charge in [-0.3, -0.25) is 0 Å². The fraction of sp³-hybridized carbons (Fsp3) is 0.429. The Morgan fingerprint density at radius 1 is 1.17 bits per heavy atom.